The Hall–Kier alpha value is -1.33. The summed E-state index contributed by atoms with van der Waals surface area (Å²) in [6.07, 6.45) is 1.64. The van der Waals surface area contributed by atoms with E-state index in [1.165, 1.54) is 0 Å². The van der Waals surface area contributed by atoms with Crippen LogP contribution in [-0.4, -0.2) is 4.98 Å². The fourth-order valence-corrected chi connectivity index (χ4v) is 3.10. The summed E-state index contributed by atoms with van der Waals surface area (Å²) in [5.74, 6) is 0. The van der Waals surface area contributed by atoms with Crippen molar-refractivity contribution < 1.29 is 4.42 Å². The van der Waals surface area contributed by atoms with Gasteiger partial charge in [-0.3, -0.25) is 0 Å². The highest BCUT2D eigenvalue weighted by Crippen LogP contribution is 2.35. The Labute approximate surface area is 104 Å². The van der Waals surface area contributed by atoms with Crippen LogP contribution in [0, 0.1) is 0 Å². The monoisotopic (exact) mass is 294 g/mol. The zero-order chi connectivity index (χ0) is 11.1. The highest BCUT2D eigenvalue weighted by atomic mass is 79.9. The fourth-order valence-electron chi connectivity index (χ4n) is 1.50. The van der Waals surface area contributed by atoms with Gasteiger partial charge < -0.3 is 10.2 Å². The third kappa shape index (κ3) is 1.52. The molecule has 16 heavy (non-hydrogen) atoms. The summed E-state index contributed by atoms with van der Waals surface area (Å²) in [5.41, 5.74) is 8.42. The smallest absolute Gasteiger partial charge is 0.179 e. The van der Waals surface area contributed by atoms with Crippen molar-refractivity contribution in [2.24, 2.45) is 0 Å². The third-order valence-electron chi connectivity index (χ3n) is 2.26. The summed E-state index contributed by atoms with van der Waals surface area (Å²) >= 11 is 4.95. The number of nitrogens with two attached hydrogens (primary N) is 1. The molecule has 5 heteroatoms. The first-order valence-electron chi connectivity index (χ1n) is 4.63. The highest BCUT2D eigenvalue weighted by Gasteiger charge is 2.11. The first-order valence-corrected chi connectivity index (χ1v) is 6.24. The lowest BCUT2D eigenvalue weighted by atomic mass is 10.3. The van der Waals surface area contributed by atoms with Gasteiger partial charge in [-0.25, -0.2) is 4.98 Å². The molecule has 1 aromatic carbocycles. The van der Waals surface area contributed by atoms with Crippen molar-refractivity contribution >= 4 is 43.2 Å². The largest absolute Gasteiger partial charge is 0.457 e. The molecule has 80 valence electrons. The van der Waals surface area contributed by atoms with Gasteiger partial charge in [-0.15, -0.1) is 11.3 Å². The van der Waals surface area contributed by atoms with Crippen LogP contribution in [0.25, 0.3) is 20.8 Å². The number of fused-ring (bicyclic) bond motifs is 1. The van der Waals surface area contributed by atoms with E-state index in [2.05, 4.69) is 20.9 Å². The van der Waals surface area contributed by atoms with Crippen LogP contribution in [-0.2, 0) is 0 Å². The van der Waals surface area contributed by atoms with Gasteiger partial charge >= 0.3 is 0 Å². The molecule has 2 N–H and O–H groups in total. The average molecular weight is 295 g/mol. The molecule has 0 unspecified atom stereocenters. The number of hydrogen-bond donors (Lipinski definition) is 1. The number of hydrogen-bond acceptors (Lipinski definition) is 4. The normalized spacial score (nSPS) is 11.1. The van der Waals surface area contributed by atoms with Gasteiger partial charge in [0.15, 0.2) is 4.67 Å². The molecule has 0 amide bonds. The van der Waals surface area contributed by atoms with Crippen LogP contribution in [0.5, 0.6) is 0 Å². The first-order chi connectivity index (χ1) is 7.74. The van der Waals surface area contributed by atoms with E-state index in [-0.39, 0.29) is 0 Å². The predicted octanol–water partition coefficient (Wildman–Crippen LogP) is 3.90. The molecule has 0 spiro atoms. The summed E-state index contributed by atoms with van der Waals surface area (Å²) in [6, 6.07) is 7.62. The van der Waals surface area contributed by atoms with Gasteiger partial charge in [-0.05, 0) is 40.2 Å². The van der Waals surface area contributed by atoms with Crippen LogP contribution in [0.2, 0.25) is 0 Å². The van der Waals surface area contributed by atoms with E-state index in [1.807, 2.05) is 24.3 Å². The summed E-state index contributed by atoms with van der Waals surface area (Å²) in [6.45, 7) is 0. The molecule has 3 aromatic rings. The van der Waals surface area contributed by atoms with E-state index >= 15 is 0 Å². The Morgan fingerprint density at radius 1 is 1.31 bits per heavy atom. The lowest BCUT2D eigenvalue weighted by molar-refractivity contribution is 0.542. The Morgan fingerprint density at radius 3 is 2.94 bits per heavy atom. The van der Waals surface area contributed by atoms with Gasteiger partial charge in [0.05, 0.1) is 22.0 Å². The standard InChI is InChI=1S/C11H7BrN2OS/c12-10-7(3-4-15-10)11-14-8-2-1-6(13)5-9(8)16-11/h1-5H,13H2. The van der Waals surface area contributed by atoms with Gasteiger partial charge in [0.25, 0.3) is 0 Å². The van der Waals surface area contributed by atoms with Crippen molar-refractivity contribution in [2.45, 2.75) is 0 Å². The van der Waals surface area contributed by atoms with Crippen LogP contribution in [0.15, 0.2) is 39.6 Å². The lowest BCUT2D eigenvalue weighted by Crippen LogP contribution is -1.81. The lowest BCUT2D eigenvalue weighted by Gasteiger charge is -1.89. The van der Waals surface area contributed by atoms with Crippen molar-refractivity contribution in [3.63, 3.8) is 0 Å². The zero-order valence-electron chi connectivity index (χ0n) is 8.11. The van der Waals surface area contributed by atoms with Crippen LogP contribution in [0.4, 0.5) is 5.69 Å². The Bertz CT molecular complexity index is 659. The van der Waals surface area contributed by atoms with Gasteiger partial charge in [0.1, 0.15) is 5.01 Å². The van der Waals surface area contributed by atoms with E-state index in [1.54, 1.807) is 17.6 Å². The molecule has 0 bridgehead atoms. The number of aromatic nitrogens is 1. The number of furan rings is 1. The molecule has 0 fully saturated rings. The molecule has 3 nitrogen and oxygen atoms in total. The number of benzene rings is 1. The molecule has 0 saturated carbocycles. The minimum Gasteiger partial charge on any atom is -0.457 e. The van der Waals surface area contributed by atoms with Crippen LogP contribution in [0.1, 0.15) is 0 Å². The number of nitrogens with zero attached hydrogens (tertiary/aromatic N) is 1. The molecule has 0 aliphatic rings. The molecule has 0 atom stereocenters. The van der Waals surface area contributed by atoms with Gasteiger partial charge in [-0.1, -0.05) is 0 Å². The maximum absolute atomic E-state index is 5.73. The summed E-state index contributed by atoms with van der Waals surface area (Å²) in [5, 5.41) is 0.932. The third-order valence-corrected chi connectivity index (χ3v) is 3.93. The van der Waals surface area contributed by atoms with Crippen molar-refractivity contribution in [1.29, 1.82) is 0 Å². The molecule has 3 rings (SSSR count). The summed E-state index contributed by atoms with van der Waals surface area (Å²) in [4.78, 5) is 4.53. The van der Waals surface area contributed by atoms with Crippen molar-refractivity contribution in [1.82, 2.24) is 4.98 Å². The number of thiazole rings is 1. The second-order valence-corrected chi connectivity index (χ2v) is 5.11. The van der Waals surface area contributed by atoms with E-state index in [9.17, 15) is 0 Å². The second kappa shape index (κ2) is 3.61. The molecular weight excluding hydrogens is 288 g/mol. The van der Waals surface area contributed by atoms with Gasteiger partial charge in [-0.2, -0.15) is 0 Å². The summed E-state index contributed by atoms with van der Waals surface area (Å²) in [7, 11) is 0. The van der Waals surface area contributed by atoms with Crippen LogP contribution in [0.3, 0.4) is 0 Å². The maximum atomic E-state index is 5.73. The number of nitrogen functional groups attached to an aromatic ring is 1. The van der Waals surface area contributed by atoms with E-state index < -0.39 is 0 Å². The van der Waals surface area contributed by atoms with Crippen molar-refractivity contribution in [3.8, 4) is 10.6 Å². The second-order valence-electron chi connectivity index (χ2n) is 3.35. The number of anilines is 1. The van der Waals surface area contributed by atoms with Crippen molar-refractivity contribution in [2.75, 3.05) is 5.73 Å². The molecule has 0 aliphatic heterocycles. The molecule has 0 aliphatic carbocycles. The van der Waals surface area contributed by atoms with Crippen LogP contribution >= 0.6 is 27.3 Å². The maximum Gasteiger partial charge on any atom is 0.179 e. The summed E-state index contributed by atoms with van der Waals surface area (Å²) < 4.78 is 6.99. The molecule has 2 aromatic heterocycles. The predicted molar refractivity (Wildman–Crippen MR) is 69.4 cm³/mol. The molecule has 0 saturated heterocycles. The number of rotatable bonds is 1. The van der Waals surface area contributed by atoms with E-state index in [0.717, 1.165) is 26.5 Å². The zero-order valence-corrected chi connectivity index (χ0v) is 10.5. The first kappa shape index (κ1) is 9.86. The van der Waals surface area contributed by atoms with E-state index in [0.29, 0.717) is 4.67 Å². The number of halogens is 1. The fraction of sp³-hybridized carbons (Fsp3) is 0. The quantitative estimate of drug-likeness (QED) is 0.693. The van der Waals surface area contributed by atoms with E-state index in [4.69, 9.17) is 10.2 Å². The minimum atomic E-state index is 0.708. The van der Waals surface area contributed by atoms with Crippen LogP contribution < -0.4 is 5.73 Å². The topological polar surface area (TPSA) is 52.0 Å². The SMILES string of the molecule is Nc1ccc2nc(-c3ccoc3Br)sc2c1. The van der Waals surface area contributed by atoms with Gasteiger partial charge in [0.2, 0.25) is 0 Å². The molecule has 2 heterocycles. The molecular formula is C11H7BrN2OS. The Balaban J connectivity index is 2.23. The minimum absolute atomic E-state index is 0.708. The molecule has 0 radical (unpaired) electrons. The highest BCUT2D eigenvalue weighted by molar-refractivity contribution is 9.10. The van der Waals surface area contributed by atoms with Crippen molar-refractivity contribution in [3.05, 3.63) is 35.2 Å². The Morgan fingerprint density at radius 2 is 2.19 bits per heavy atom. The Kier molecular flexibility index (Phi) is 2.22. The average Bonchev–Trinajstić information content (AvgIpc) is 2.82. The van der Waals surface area contributed by atoms with Gasteiger partial charge in [0, 0.05) is 5.69 Å².